The quantitative estimate of drug-likeness (QED) is 0.291. The van der Waals surface area contributed by atoms with Crippen LogP contribution in [0.2, 0.25) is 0 Å². The third kappa shape index (κ3) is 3.70. The average Bonchev–Trinajstić information content (AvgIpc) is 3.51. The van der Waals surface area contributed by atoms with Gasteiger partial charge in [-0.1, -0.05) is 35.9 Å². The zero-order chi connectivity index (χ0) is 23.4. The van der Waals surface area contributed by atoms with Gasteiger partial charge in [-0.05, 0) is 63.7 Å². The number of aryl methyl sites for hydroxylation is 2. The molecule has 3 heterocycles. The number of aromatic nitrogens is 2. The van der Waals surface area contributed by atoms with Crippen LogP contribution in [0.5, 0.6) is 0 Å². The predicted octanol–water partition coefficient (Wildman–Crippen LogP) is 5.82. The van der Waals surface area contributed by atoms with Gasteiger partial charge in [0, 0.05) is 18.7 Å². The van der Waals surface area contributed by atoms with Crippen LogP contribution in [-0.4, -0.2) is 50.0 Å². The third-order valence-corrected chi connectivity index (χ3v) is 9.92. The van der Waals surface area contributed by atoms with Crippen molar-refractivity contribution in [1.29, 1.82) is 0 Å². The van der Waals surface area contributed by atoms with Crippen LogP contribution < -0.4 is 4.90 Å². The average molecular weight is 576 g/mol. The van der Waals surface area contributed by atoms with E-state index in [0.717, 1.165) is 42.1 Å². The lowest BCUT2D eigenvalue weighted by atomic mass is 9.68. The summed E-state index contributed by atoms with van der Waals surface area (Å²) >= 11 is 3.92. The number of benzene rings is 1. The predicted molar refractivity (Wildman–Crippen MR) is 143 cm³/mol. The Labute approximate surface area is 213 Å². The molecule has 1 spiro atoms. The van der Waals surface area contributed by atoms with Gasteiger partial charge in [0.25, 0.3) is 0 Å². The summed E-state index contributed by atoms with van der Waals surface area (Å²) in [6.45, 7) is 2.87. The lowest BCUT2D eigenvalue weighted by molar-refractivity contribution is 0.0530. The normalized spacial score (nSPS) is 25.6. The molecule has 33 heavy (non-hydrogen) atoms. The first-order chi connectivity index (χ1) is 15.8. The van der Waals surface area contributed by atoms with Crippen molar-refractivity contribution in [1.82, 2.24) is 17.8 Å². The lowest BCUT2D eigenvalue weighted by Gasteiger charge is -2.50. The fourth-order valence-corrected chi connectivity index (χ4v) is 7.16. The monoisotopic (exact) mass is 575 g/mol. The second-order valence-electron chi connectivity index (χ2n) is 9.66. The highest BCUT2D eigenvalue weighted by Crippen LogP contribution is 2.50. The summed E-state index contributed by atoms with van der Waals surface area (Å²) in [6.07, 6.45) is 3.99. The van der Waals surface area contributed by atoms with Gasteiger partial charge >= 0.3 is 6.03 Å². The van der Waals surface area contributed by atoms with Gasteiger partial charge in [-0.2, -0.15) is 5.10 Å². The van der Waals surface area contributed by atoms with Gasteiger partial charge in [0.1, 0.15) is 11.5 Å². The van der Waals surface area contributed by atoms with E-state index in [0.29, 0.717) is 6.54 Å². The van der Waals surface area contributed by atoms with Crippen LogP contribution in [0, 0.1) is 6.92 Å². The summed E-state index contributed by atoms with van der Waals surface area (Å²) in [7, 11) is 6.31. The summed E-state index contributed by atoms with van der Waals surface area (Å²) in [5, 5.41) is 6.75. The minimum absolute atomic E-state index is 0.00406. The summed E-state index contributed by atoms with van der Waals surface area (Å²) in [5.41, 5.74) is 3.45. The van der Waals surface area contributed by atoms with Gasteiger partial charge in [0.2, 0.25) is 0 Å². The summed E-state index contributed by atoms with van der Waals surface area (Å²) in [4.78, 5) is 18.9. The smallest absolute Gasteiger partial charge is 0.300 e. The Hall–Kier alpha value is -1.91. The van der Waals surface area contributed by atoms with Crippen LogP contribution in [0.1, 0.15) is 36.8 Å². The van der Waals surface area contributed by atoms with Crippen molar-refractivity contribution in [3.63, 3.8) is 0 Å². The highest BCUT2D eigenvalue weighted by molar-refractivity contribution is 14.1. The lowest BCUT2D eigenvalue weighted by Crippen LogP contribution is -2.53. The molecule has 0 atom stereocenters. The van der Waals surface area contributed by atoms with Crippen molar-refractivity contribution in [2.45, 2.75) is 43.7 Å². The molecule has 1 saturated carbocycles. The van der Waals surface area contributed by atoms with Gasteiger partial charge in [0.05, 0.1) is 39.8 Å². The van der Waals surface area contributed by atoms with Crippen LogP contribution in [0.4, 0.5) is 10.6 Å². The van der Waals surface area contributed by atoms with Gasteiger partial charge < -0.3 is 0 Å². The minimum atomic E-state index is -0.158. The number of carbonyl (C=O) groups excluding carboxylic acids is 1. The number of amides is 2. The Morgan fingerprint density at radius 3 is 2.48 bits per heavy atom. The van der Waals surface area contributed by atoms with Crippen molar-refractivity contribution in [2.24, 2.45) is 7.05 Å². The number of halogens is 1. The molecule has 1 aromatic carbocycles. The molecule has 0 bridgehead atoms. The highest BCUT2D eigenvalue weighted by atomic mass is 127. The van der Waals surface area contributed by atoms with Gasteiger partial charge in [-0.3, -0.25) is 17.6 Å². The number of hydrogen-bond donors (Lipinski definition) is 0. The van der Waals surface area contributed by atoms with E-state index < -0.39 is 0 Å². The number of urea groups is 1. The Bertz CT molecular complexity index is 1160. The van der Waals surface area contributed by atoms with Gasteiger partial charge in [0.15, 0.2) is 0 Å². The number of anilines is 1. The topological polar surface area (TPSA) is 44.6 Å². The molecule has 3 aromatic rings. The molecule has 0 radical (unpaired) electrons. The highest BCUT2D eigenvalue weighted by Gasteiger charge is 2.54. The second kappa shape index (κ2) is 8.39. The molecule has 0 unspecified atom stereocenters. The Morgan fingerprint density at radius 1 is 1.09 bits per heavy atom. The zero-order valence-electron chi connectivity index (χ0n) is 19.6. The van der Waals surface area contributed by atoms with E-state index in [-0.39, 0.29) is 17.1 Å². The summed E-state index contributed by atoms with van der Waals surface area (Å²) in [5.74, 6) is 0.866. The van der Waals surface area contributed by atoms with Gasteiger partial charge in [-0.15, -0.1) is 11.3 Å². The molecule has 2 aromatic heterocycles. The minimum Gasteiger partial charge on any atom is -0.300 e. The molecule has 2 amide bonds. The van der Waals surface area contributed by atoms with Crippen molar-refractivity contribution < 1.29 is 4.79 Å². The van der Waals surface area contributed by atoms with E-state index in [1.165, 1.54) is 11.1 Å². The Morgan fingerprint density at radius 2 is 1.85 bits per heavy atom. The maximum absolute atomic E-state index is 13.4. The standard InChI is InChI=1S/C25H30IN5OS/c1-18-7-5-8-19(15-18)25(28(2)3)12-10-24(11-13-25)17-30(23(32)31(24)26)22-16-20(27-29(22)4)21-9-6-14-33-21/h5-9,14-16H,10-13,17H2,1-4H3. The van der Waals surface area contributed by atoms with Crippen LogP contribution in [-0.2, 0) is 12.6 Å². The molecule has 2 aliphatic rings. The van der Waals surface area contributed by atoms with E-state index in [4.69, 9.17) is 5.10 Å². The summed E-state index contributed by atoms with van der Waals surface area (Å²) in [6, 6.07) is 15.1. The molecule has 6 nitrogen and oxygen atoms in total. The van der Waals surface area contributed by atoms with Crippen LogP contribution in [0.15, 0.2) is 47.8 Å². The first-order valence-electron chi connectivity index (χ1n) is 11.4. The first kappa shape index (κ1) is 22.9. The molecular formula is C25H30IN5OS. The van der Waals surface area contributed by atoms with E-state index in [2.05, 4.69) is 84.5 Å². The third-order valence-electron chi connectivity index (χ3n) is 7.59. The summed E-state index contributed by atoms with van der Waals surface area (Å²) < 4.78 is 3.81. The molecule has 2 fully saturated rings. The molecule has 1 aliphatic heterocycles. The zero-order valence-corrected chi connectivity index (χ0v) is 22.6. The number of thiophene rings is 1. The fourth-order valence-electron chi connectivity index (χ4n) is 5.58. The van der Waals surface area contributed by atoms with Crippen molar-refractivity contribution >= 4 is 46.1 Å². The Balaban J connectivity index is 1.42. The second-order valence-corrected chi connectivity index (χ2v) is 11.6. The SMILES string of the molecule is Cc1cccc(C2(N(C)C)CCC3(CC2)CN(c2cc(-c4cccs4)nn2C)C(=O)N3I)c1. The largest absolute Gasteiger partial charge is 0.335 e. The first-order valence-corrected chi connectivity index (χ1v) is 13.2. The van der Waals surface area contributed by atoms with Gasteiger partial charge in [-0.25, -0.2) is 4.79 Å². The van der Waals surface area contributed by atoms with E-state index >= 15 is 0 Å². The molecule has 1 aliphatic carbocycles. The molecule has 5 rings (SSSR count). The number of hydrogen-bond acceptors (Lipinski definition) is 4. The number of rotatable bonds is 4. The number of carbonyl (C=O) groups is 1. The van der Waals surface area contributed by atoms with Crippen molar-refractivity contribution in [2.75, 3.05) is 25.5 Å². The van der Waals surface area contributed by atoms with Crippen molar-refractivity contribution in [3.8, 4) is 10.6 Å². The van der Waals surface area contributed by atoms with Crippen LogP contribution in [0.3, 0.4) is 0 Å². The fraction of sp³-hybridized carbons (Fsp3) is 0.440. The molecular weight excluding hydrogens is 545 g/mol. The van der Waals surface area contributed by atoms with E-state index in [1.807, 2.05) is 31.9 Å². The van der Waals surface area contributed by atoms with E-state index in [9.17, 15) is 4.79 Å². The maximum atomic E-state index is 13.4. The number of nitrogens with zero attached hydrogens (tertiary/aromatic N) is 5. The molecule has 0 N–H and O–H groups in total. The molecule has 8 heteroatoms. The maximum Gasteiger partial charge on any atom is 0.335 e. The Kier molecular flexibility index (Phi) is 5.81. The van der Waals surface area contributed by atoms with Crippen LogP contribution in [0.25, 0.3) is 10.6 Å². The van der Waals surface area contributed by atoms with E-state index in [1.54, 1.807) is 11.3 Å². The van der Waals surface area contributed by atoms with Crippen molar-refractivity contribution in [3.05, 3.63) is 59.0 Å². The van der Waals surface area contributed by atoms with Crippen LogP contribution >= 0.6 is 34.2 Å². The molecule has 1 saturated heterocycles. The molecule has 174 valence electrons.